The number of halogens is 1. The first-order valence-corrected chi connectivity index (χ1v) is 6.91. The summed E-state index contributed by atoms with van der Waals surface area (Å²) in [6.45, 7) is 2.14. The van der Waals surface area contributed by atoms with Crippen molar-refractivity contribution in [1.29, 1.82) is 0 Å². The average molecular weight is 287 g/mol. The number of benzene rings is 1. The fourth-order valence-electron chi connectivity index (χ4n) is 2.41. The van der Waals surface area contributed by atoms with Crippen LogP contribution in [-0.4, -0.2) is 19.5 Å². The summed E-state index contributed by atoms with van der Waals surface area (Å²) in [5.74, 6) is 0.232. The van der Waals surface area contributed by atoms with Crippen molar-refractivity contribution in [3.05, 3.63) is 53.2 Å². The molecule has 1 atom stereocenters. The molecule has 0 amide bonds. The average Bonchev–Trinajstić information content (AvgIpc) is 2.81. The molecule has 0 aliphatic heterocycles. The summed E-state index contributed by atoms with van der Waals surface area (Å²) in [5, 5.41) is 0.274. The van der Waals surface area contributed by atoms with Gasteiger partial charge in [-0.15, -0.1) is 0 Å². The summed E-state index contributed by atoms with van der Waals surface area (Å²) < 4.78 is 1.86. The number of aryl methyl sites for hydroxylation is 1. The minimum Gasteiger partial charge on any atom is -0.318 e. The van der Waals surface area contributed by atoms with Crippen LogP contribution in [0.25, 0.3) is 11.2 Å². The molecule has 2 aromatic heterocycles. The maximum absolute atomic E-state index is 6.04. The van der Waals surface area contributed by atoms with E-state index < -0.39 is 0 Å². The third-order valence-electron chi connectivity index (χ3n) is 3.41. The molecule has 0 bridgehead atoms. The van der Waals surface area contributed by atoms with Crippen LogP contribution in [0.3, 0.4) is 0 Å². The minimum atomic E-state index is 0.232. The Bertz CT molecular complexity index is 736. The number of nitrogens with zero attached hydrogens (tertiary/aromatic N) is 4. The molecule has 2 heterocycles. The smallest absolute Gasteiger partial charge is 0.224 e. The summed E-state index contributed by atoms with van der Waals surface area (Å²) in [7, 11) is 1.91. The summed E-state index contributed by atoms with van der Waals surface area (Å²) in [5.41, 5.74) is 3.79. The van der Waals surface area contributed by atoms with Gasteiger partial charge in [0.25, 0.3) is 0 Å². The third kappa shape index (κ3) is 2.39. The Morgan fingerprint density at radius 2 is 1.95 bits per heavy atom. The van der Waals surface area contributed by atoms with E-state index >= 15 is 0 Å². The van der Waals surface area contributed by atoms with Gasteiger partial charge in [-0.05, 0) is 23.6 Å². The second kappa shape index (κ2) is 5.21. The number of fused-ring (bicyclic) bond motifs is 1. The highest BCUT2D eigenvalue weighted by Crippen LogP contribution is 2.25. The molecule has 0 N–H and O–H groups in total. The molecule has 5 heteroatoms. The molecule has 20 heavy (non-hydrogen) atoms. The second-order valence-corrected chi connectivity index (χ2v) is 5.33. The van der Waals surface area contributed by atoms with E-state index in [1.54, 1.807) is 6.33 Å². The highest BCUT2D eigenvalue weighted by molar-refractivity contribution is 6.28. The lowest BCUT2D eigenvalue weighted by molar-refractivity contribution is 0.734. The standard InChI is InChI=1S/C15H15ClN4/c1-10(8-11-6-4-3-5-7-11)12-13-14(19-15(16)18-12)20(2)9-17-13/h3-7,9-10H,8H2,1-2H3/t10-/m1/s1. The maximum atomic E-state index is 6.04. The SMILES string of the molecule is C[C@H](Cc1ccccc1)c1nc(Cl)nc2c1ncn2C. The summed E-state index contributed by atoms with van der Waals surface area (Å²) in [6, 6.07) is 10.4. The molecule has 102 valence electrons. The number of hydrogen-bond acceptors (Lipinski definition) is 3. The summed E-state index contributed by atoms with van der Waals surface area (Å²) >= 11 is 6.04. The van der Waals surface area contributed by atoms with Crippen LogP contribution in [-0.2, 0) is 13.5 Å². The molecule has 1 aromatic carbocycles. The highest BCUT2D eigenvalue weighted by atomic mass is 35.5. The van der Waals surface area contributed by atoms with Crippen molar-refractivity contribution in [2.45, 2.75) is 19.3 Å². The molecule has 0 aliphatic carbocycles. The molecular weight excluding hydrogens is 272 g/mol. The Morgan fingerprint density at radius 1 is 1.20 bits per heavy atom. The Hall–Kier alpha value is -1.94. The van der Waals surface area contributed by atoms with Crippen LogP contribution in [0.15, 0.2) is 36.7 Å². The van der Waals surface area contributed by atoms with Crippen LogP contribution < -0.4 is 0 Å². The Morgan fingerprint density at radius 3 is 2.70 bits per heavy atom. The van der Waals surface area contributed by atoms with Crippen molar-refractivity contribution in [3.63, 3.8) is 0 Å². The van der Waals surface area contributed by atoms with E-state index in [2.05, 4.69) is 34.0 Å². The lowest BCUT2D eigenvalue weighted by Crippen LogP contribution is -2.04. The number of imidazole rings is 1. The van der Waals surface area contributed by atoms with Gasteiger partial charge in [-0.2, -0.15) is 4.98 Å². The van der Waals surface area contributed by atoms with Gasteiger partial charge in [0.2, 0.25) is 5.28 Å². The number of rotatable bonds is 3. The van der Waals surface area contributed by atoms with Gasteiger partial charge in [-0.3, -0.25) is 0 Å². The van der Waals surface area contributed by atoms with Gasteiger partial charge in [-0.1, -0.05) is 37.3 Å². The molecule has 0 aliphatic rings. The van der Waals surface area contributed by atoms with E-state index in [-0.39, 0.29) is 11.2 Å². The zero-order valence-electron chi connectivity index (χ0n) is 11.4. The Labute approximate surface area is 122 Å². The molecule has 0 fully saturated rings. The molecule has 0 saturated heterocycles. The van der Waals surface area contributed by atoms with E-state index in [4.69, 9.17) is 11.6 Å². The molecule has 3 rings (SSSR count). The van der Waals surface area contributed by atoms with Crippen molar-refractivity contribution in [2.24, 2.45) is 7.05 Å². The highest BCUT2D eigenvalue weighted by Gasteiger charge is 2.17. The van der Waals surface area contributed by atoms with Gasteiger partial charge >= 0.3 is 0 Å². The molecule has 4 nitrogen and oxygen atoms in total. The number of hydrogen-bond donors (Lipinski definition) is 0. The Kier molecular flexibility index (Phi) is 3.40. The maximum Gasteiger partial charge on any atom is 0.224 e. The summed E-state index contributed by atoms with van der Waals surface area (Å²) in [6.07, 6.45) is 2.65. The van der Waals surface area contributed by atoms with Crippen LogP contribution in [0.2, 0.25) is 5.28 Å². The molecule has 0 unspecified atom stereocenters. The van der Waals surface area contributed by atoms with E-state index in [1.165, 1.54) is 5.56 Å². The van der Waals surface area contributed by atoms with Crippen LogP contribution >= 0.6 is 11.6 Å². The van der Waals surface area contributed by atoms with Gasteiger partial charge in [0, 0.05) is 13.0 Å². The monoisotopic (exact) mass is 286 g/mol. The molecule has 0 spiro atoms. The summed E-state index contributed by atoms with van der Waals surface area (Å²) in [4.78, 5) is 13.0. The van der Waals surface area contributed by atoms with Crippen molar-refractivity contribution in [1.82, 2.24) is 19.5 Å². The van der Waals surface area contributed by atoms with Crippen LogP contribution in [0.4, 0.5) is 0 Å². The fourth-order valence-corrected chi connectivity index (χ4v) is 2.58. The number of aromatic nitrogens is 4. The van der Waals surface area contributed by atoms with Crippen molar-refractivity contribution in [2.75, 3.05) is 0 Å². The predicted octanol–water partition coefficient (Wildman–Crippen LogP) is 3.36. The van der Waals surface area contributed by atoms with Gasteiger partial charge in [0.15, 0.2) is 5.65 Å². The third-order valence-corrected chi connectivity index (χ3v) is 3.58. The van der Waals surface area contributed by atoms with Gasteiger partial charge < -0.3 is 4.57 Å². The van der Waals surface area contributed by atoms with Crippen molar-refractivity contribution >= 4 is 22.8 Å². The van der Waals surface area contributed by atoms with Crippen LogP contribution in [0, 0.1) is 0 Å². The fraction of sp³-hybridized carbons (Fsp3) is 0.267. The lowest BCUT2D eigenvalue weighted by atomic mass is 9.97. The van der Waals surface area contributed by atoms with Crippen LogP contribution in [0.1, 0.15) is 24.1 Å². The van der Waals surface area contributed by atoms with Gasteiger partial charge in [0.1, 0.15) is 5.52 Å². The van der Waals surface area contributed by atoms with Gasteiger partial charge in [-0.25, -0.2) is 9.97 Å². The van der Waals surface area contributed by atoms with Crippen LogP contribution in [0.5, 0.6) is 0 Å². The molecule has 0 saturated carbocycles. The topological polar surface area (TPSA) is 43.6 Å². The normalized spacial score (nSPS) is 12.8. The first-order valence-electron chi connectivity index (χ1n) is 6.53. The van der Waals surface area contributed by atoms with Crippen molar-refractivity contribution in [3.8, 4) is 0 Å². The van der Waals surface area contributed by atoms with E-state index in [9.17, 15) is 0 Å². The largest absolute Gasteiger partial charge is 0.318 e. The lowest BCUT2D eigenvalue weighted by Gasteiger charge is -2.12. The predicted molar refractivity (Wildman–Crippen MR) is 79.9 cm³/mol. The second-order valence-electron chi connectivity index (χ2n) is 5.00. The first-order chi connectivity index (χ1) is 9.65. The molecular formula is C15H15ClN4. The van der Waals surface area contributed by atoms with E-state index in [1.807, 2.05) is 29.8 Å². The minimum absolute atomic E-state index is 0.232. The Balaban J connectivity index is 2.01. The molecule has 3 aromatic rings. The quantitative estimate of drug-likeness (QED) is 0.694. The van der Waals surface area contributed by atoms with E-state index in [0.29, 0.717) is 0 Å². The zero-order valence-corrected chi connectivity index (χ0v) is 12.2. The zero-order chi connectivity index (χ0) is 14.1. The first kappa shape index (κ1) is 13.1. The van der Waals surface area contributed by atoms with E-state index in [0.717, 1.165) is 23.3 Å². The molecule has 0 radical (unpaired) electrons. The van der Waals surface area contributed by atoms with Crippen molar-refractivity contribution < 1.29 is 0 Å². The van der Waals surface area contributed by atoms with Gasteiger partial charge in [0.05, 0.1) is 12.0 Å².